The monoisotopic (exact) mass is 264 g/mol. The maximum atomic E-state index is 11.7. The highest BCUT2D eigenvalue weighted by molar-refractivity contribution is 6.41. The number of carbonyl (C=O) groups excluding carboxylic acids is 4. The van der Waals surface area contributed by atoms with E-state index in [-0.39, 0.29) is 12.5 Å². The molecule has 0 spiro atoms. The molecule has 0 N–H and O–H groups in total. The van der Waals surface area contributed by atoms with Crippen LogP contribution >= 0.6 is 0 Å². The average Bonchev–Trinajstić information content (AvgIpc) is 2.82. The van der Waals surface area contributed by atoms with E-state index in [1.54, 1.807) is 13.0 Å². The Labute approximate surface area is 108 Å². The fourth-order valence-corrected chi connectivity index (χ4v) is 3.08. The maximum absolute atomic E-state index is 11.7. The zero-order valence-corrected chi connectivity index (χ0v) is 10.3. The SMILES string of the molecule is CC1=CC(C2OCC(=O)C2=O)CC2C(=O)OC(=O)C12. The summed E-state index contributed by atoms with van der Waals surface area (Å²) in [6, 6.07) is 0. The molecule has 3 aliphatic rings. The minimum absolute atomic E-state index is 0.204. The molecule has 0 amide bonds. The van der Waals surface area contributed by atoms with Gasteiger partial charge in [-0.1, -0.05) is 11.6 Å². The summed E-state index contributed by atoms with van der Waals surface area (Å²) in [7, 11) is 0. The van der Waals surface area contributed by atoms with Gasteiger partial charge in [-0.25, -0.2) is 0 Å². The zero-order chi connectivity index (χ0) is 13.7. The number of carbonyl (C=O) groups is 4. The van der Waals surface area contributed by atoms with Crippen molar-refractivity contribution in [3.8, 4) is 0 Å². The summed E-state index contributed by atoms with van der Waals surface area (Å²) in [6.07, 6.45) is 1.23. The lowest BCUT2D eigenvalue weighted by molar-refractivity contribution is -0.153. The molecule has 3 rings (SSSR count). The van der Waals surface area contributed by atoms with Crippen LogP contribution in [0.3, 0.4) is 0 Å². The van der Waals surface area contributed by atoms with E-state index in [0.29, 0.717) is 12.0 Å². The van der Waals surface area contributed by atoms with Gasteiger partial charge in [0.25, 0.3) is 0 Å². The highest BCUT2D eigenvalue weighted by atomic mass is 16.6. The predicted molar refractivity (Wildman–Crippen MR) is 59.7 cm³/mol. The van der Waals surface area contributed by atoms with Gasteiger partial charge < -0.3 is 9.47 Å². The number of ether oxygens (including phenoxy) is 2. The number of esters is 2. The highest BCUT2D eigenvalue weighted by Gasteiger charge is 2.51. The van der Waals surface area contributed by atoms with Crippen LogP contribution in [-0.4, -0.2) is 36.2 Å². The van der Waals surface area contributed by atoms with Gasteiger partial charge in [-0.05, 0) is 13.3 Å². The summed E-state index contributed by atoms with van der Waals surface area (Å²) in [5, 5.41) is 0. The standard InChI is InChI=1S/C13H12O6/c1-5-2-6(11-10(15)8(14)4-18-11)3-7-9(5)13(17)19-12(7)16/h2,6-7,9,11H,3-4H2,1H3. The van der Waals surface area contributed by atoms with Gasteiger partial charge >= 0.3 is 11.9 Å². The lowest BCUT2D eigenvalue weighted by Crippen LogP contribution is -2.35. The summed E-state index contributed by atoms with van der Waals surface area (Å²) in [4.78, 5) is 46.0. The number of cyclic esters (lactones) is 2. The molecule has 6 heteroatoms. The Morgan fingerprint density at radius 3 is 2.53 bits per heavy atom. The first-order valence-electron chi connectivity index (χ1n) is 6.11. The van der Waals surface area contributed by atoms with Crippen molar-refractivity contribution in [2.75, 3.05) is 6.61 Å². The number of hydrogen-bond donors (Lipinski definition) is 0. The molecule has 2 aliphatic heterocycles. The second-order valence-corrected chi connectivity index (χ2v) is 5.15. The Bertz CT molecular complexity index is 531. The summed E-state index contributed by atoms with van der Waals surface area (Å²) in [5.74, 6) is -3.63. The second kappa shape index (κ2) is 4.09. The minimum atomic E-state index is -0.827. The number of ketones is 2. The molecular formula is C13H12O6. The fourth-order valence-electron chi connectivity index (χ4n) is 3.08. The van der Waals surface area contributed by atoms with Crippen LogP contribution in [0, 0.1) is 17.8 Å². The smallest absolute Gasteiger partial charge is 0.321 e. The van der Waals surface area contributed by atoms with Crippen molar-refractivity contribution in [1.82, 2.24) is 0 Å². The van der Waals surface area contributed by atoms with Crippen LogP contribution in [0.15, 0.2) is 11.6 Å². The van der Waals surface area contributed by atoms with Crippen molar-refractivity contribution < 1.29 is 28.7 Å². The lowest BCUT2D eigenvalue weighted by Gasteiger charge is -2.28. The Balaban J connectivity index is 1.89. The van der Waals surface area contributed by atoms with E-state index in [4.69, 9.17) is 4.74 Å². The summed E-state index contributed by atoms with van der Waals surface area (Å²) in [5.41, 5.74) is 0.702. The third kappa shape index (κ3) is 1.74. The second-order valence-electron chi connectivity index (χ2n) is 5.15. The molecular weight excluding hydrogens is 252 g/mol. The summed E-state index contributed by atoms with van der Waals surface area (Å²) < 4.78 is 9.82. The van der Waals surface area contributed by atoms with Gasteiger partial charge in [-0.2, -0.15) is 0 Å². The zero-order valence-electron chi connectivity index (χ0n) is 10.3. The van der Waals surface area contributed by atoms with Gasteiger partial charge in [0, 0.05) is 5.92 Å². The largest absolute Gasteiger partial charge is 0.392 e. The molecule has 2 fully saturated rings. The summed E-state index contributed by atoms with van der Waals surface area (Å²) in [6.45, 7) is 1.52. The van der Waals surface area contributed by atoms with Crippen LogP contribution in [-0.2, 0) is 28.7 Å². The van der Waals surface area contributed by atoms with E-state index in [1.165, 1.54) is 0 Å². The van der Waals surface area contributed by atoms with Crippen LogP contribution in [0.4, 0.5) is 0 Å². The van der Waals surface area contributed by atoms with Crippen molar-refractivity contribution in [1.29, 1.82) is 0 Å². The van der Waals surface area contributed by atoms with Gasteiger partial charge in [-0.3, -0.25) is 19.2 Å². The number of hydrogen-bond acceptors (Lipinski definition) is 6. The predicted octanol–water partition coefficient (Wildman–Crippen LogP) is -0.195. The lowest BCUT2D eigenvalue weighted by atomic mass is 9.74. The molecule has 0 radical (unpaired) electrons. The Morgan fingerprint density at radius 1 is 1.16 bits per heavy atom. The average molecular weight is 264 g/mol. The third-order valence-electron chi connectivity index (χ3n) is 3.97. The van der Waals surface area contributed by atoms with Gasteiger partial charge in [-0.15, -0.1) is 0 Å². The first-order chi connectivity index (χ1) is 8.99. The highest BCUT2D eigenvalue weighted by Crippen LogP contribution is 2.41. The Kier molecular flexibility index (Phi) is 2.63. The van der Waals surface area contributed by atoms with E-state index in [2.05, 4.69) is 4.74 Å². The normalized spacial score (nSPS) is 38.3. The van der Waals surface area contributed by atoms with Crippen LogP contribution in [0.25, 0.3) is 0 Å². The van der Waals surface area contributed by atoms with Crippen LogP contribution in [0.5, 0.6) is 0 Å². The number of fused-ring (bicyclic) bond motifs is 1. The van der Waals surface area contributed by atoms with Crippen LogP contribution in [0.1, 0.15) is 13.3 Å². The molecule has 4 unspecified atom stereocenters. The Hall–Kier alpha value is -1.82. The Morgan fingerprint density at radius 2 is 1.89 bits per heavy atom. The van der Waals surface area contributed by atoms with Gasteiger partial charge in [0.05, 0.1) is 11.8 Å². The minimum Gasteiger partial charge on any atom is -0.392 e. The first-order valence-corrected chi connectivity index (χ1v) is 6.11. The van der Waals surface area contributed by atoms with Crippen molar-refractivity contribution in [3.63, 3.8) is 0 Å². The topological polar surface area (TPSA) is 86.7 Å². The molecule has 0 bridgehead atoms. The first kappa shape index (κ1) is 12.2. The summed E-state index contributed by atoms with van der Waals surface area (Å²) >= 11 is 0. The molecule has 2 heterocycles. The third-order valence-corrected chi connectivity index (χ3v) is 3.97. The number of rotatable bonds is 1. The van der Waals surface area contributed by atoms with Crippen molar-refractivity contribution in [2.24, 2.45) is 17.8 Å². The number of Topliss-reactive ketones (excluding diaryl/α,β-unsaturated/α-hetero) is 2. The molecule has 4 atom stereocenters. The maximum Gasteiger partial charge on any atom is 0.321 e. The molecule has 100 valence electrons. The molecule has 0 aromatic rings. The van der Waals surface area contributed by atoms with E-state index in [1.807, 2.05) is 0 Å². The van der Waals surface area contributed by atoms with Crippen molar-refractivity contribution >= 4 is 23.5 Å². The van der Waals surface area contributed by atoms with Crippen LogP contribution in [0.2, 0.25) is 0 Å². The van der Waals surface area contributed by atoms with Crippen molar-refractivity contribution in [3.05, 3.63) is 11.6 Å². The molecule has 6 nitrogen and oxygen atoms in total. The van der Waals surface area contributed by atoms with Crippen LogP contribution < -0.4 is 0 Å². The molecule has 0 aromatic carbocycles. The quantitative estimate of drug-likeness (QED) is 0.282. The van der Waals surface area contributed by atoms with E-state index >= 15 is 0 Å². The van der Waals surface area contributed by atoms with E-state index < -0.39 is 41.4 Å². The molecule has 2 saturated heterocycles. The fraction of sp³-hybridized carbons (Fsp3) is 0.538. The van der Waals surface area contributed by atoms with Gasteiger partial charge in [0.1, 0.15) is 12.7 Å². The molecule has 19 heavy (non-hydrogen) atoms. The van der Waals surface area contributed by atoms with Gasteiger partial charge in [0.15, 0.2) is 0 Å². The molecule has 0 saturated carbocycles. The molecule has 0 aromatic heterocycles. The van der Waals surface area contributed by atoms with Gasteiger partial charge in [0.2, 0.25) is 11.6 Å². The van der Waals surface area contributed by atoms with Crippen molar-refractivity contribution in [2.45, 2.75) is 19.4 Å². The van der Waals surface area contributed by atoms with E-state index in [9.17, 15) is 19.2 Å². The molecule has 1 aliphatic carbocycles. The van der Waals surface area contributed by atoms with E-state index in [0.717, 1.165) is 0 Å².